The van der Waals surface area contributed by atoms with E-state index in [1.807, 2.05) is 0 Å². The lowest BCUT2D eigenvalue weighted by atomic mass is 10.0. The third kappa shape index (κ3) is 70.4. The first-order valence-corrected chi connectivity index (χ1v) is 37.9. The van der Waals surface area contributed by atoms with Crippen molar-refractivity contribution in [3.05, 3.63) is 72.9 Å². The smallest absolute Gasteiger partial charge is 0.462 e. The molecule has 496 valence electrons. The van der Waals surface area contributed by atoms with Crippen molar-refractivity contribution >= 4 is 19.8 Å². The third-order valence-corrected chi connectivity index (χ3v) is 17.1. The number of nitrogens with two attached hydrogens (primary N) is 1. The van der Waals surface area contributed by atoms with E-state index in [1.165, 1.54) is 250 Å². The van der Waals surface area contributed by atoms with Gasteiger partial charge in [0.05, 0.1) is 13.2 Å². The summed E-state index contributed by atoms with van der Waals surface area (Å²) in [4.78, 5) is 35.4. The molecule has 0 spiro atoms. The van der Waals surface area contributed by atoms with Crippen LogP contribution in [-0.2, 0) is 32.7 Å². The summed E-state index contributed by atoms with van der Waals surface area (Å²) < 4.78 is 33.2. The summed E-state index contributed by atoms with van der Waals surface area (Å²) in [5.41, 5.74) is 5.41. The van der Waals surface area contributed by atoms with E-state index in [1.54, 1.807) is 0 Å². The molecule has 0 aliphatic rings. The summed E-state index contributed by atoms with van der Waals surface area (Å²) in [7, 11) is -4.40. The summed E-state index contributed by atoms with van der Waals surface area (Å²) >= 11 is 0. The maximum absolute atomic E-state index is 12.8. The first-order valence-electron chi connectivity index (χ1n) is 36.4. The van der Waals surface area contributed by atoms with Gasteiger partial charge in [-0.3, -0.25) is 18.6 Å². The van der Waals surface area contributed by atoms with E-state index in [4.69, 9.17) is 24.3 Å². The molecule has 0 saturated carbocycles. The minimum atomic E-state index is -4.40. The Hall–Kier alpha value is -2.55. The summed E-state index contributed by atoms with van der Waals surface area (Å²) in [6.07, 6.45) is 93.0. The number of allylic oxidation sites excluding steroid dienone is 12. The number of ether oxygens (including phenoxy) is 2. The van der Waals surface area contributed by atoms with E-state index in [0.717, 1.165) is 77.0 Å². The van der Waals surface area contributed by atoms with Crippen molar-refractivity contribution in [2.75, 3.05) is 26.4 Å². The van der Waals surface area contributed by atoms with E-state index >= 15 is 0 Å². The van der Waals surface area contributed by atoms with E-state index in [-0.39, 0.29) is 38.6 Å². The molecule has 2 atom stereocenters. The number of unbranched alkanes of at least 4 members (excludes halogenated alkanes) is 44. The Balaban J connectivity index is 3.84. The number of esters is 2. The molecule has 0 fully saturated rings. The lowest BCUT2D eigenvalue weighted by molar-refractivity contribution is -0.161. The van der Waals surface area contributed by atoms with Gasteiger partial charge in [-0.05, 0) is 64.2 Å². The highest BCUT2D eigenvalue weighted by Gasteiger charge is 2.26. The predicted molar refractivity (Wildman–Crippen MR) is 367 cm³/mol. The van der Waals surface area contributed by atoms with Gasteiger partial charge in [0.2, 0.25) is 0 Å². The average molecular weight is 1210 g/mol. The lowest BCUT2D eigenvalue weighted by Gasteiger charge is -2.19. The van der Waals surface area contributed by atoms with Crippen molar-refractivity contribution in [3.8, 4) is 0 Å². The van der Waals surface area contributed by atoms with Crippen LogP contribution in [0.5, 0.6) is 0 Å². The number of carbonyl (C=O) groups excluding carboxylic acids is 2. The number of carbonyl (C=O) groups is 2. The van der Waals surface area contributed by atoms with Crippen molar-refractivity contribution in [2.24, 2.45) is 5.73 Å². The molecule has 0 amide bonds. The number of hydrogen-bond donors (Lipinski definition) is 2. The van der Waals surface area contributed by atoms with Gasteiger partial charge in [0.25, 0.3) is 0 Å². The molecule has 85 heavy (non-hydrogen) atoms. The second-order valence-corrected chi connectivity index (χ2v) is 25.9. The molecule has 0 aromatic rings. The average Bonchev–Trinajstić information content (AvgIpc) is 3.52. The second-order valence-electron chi connectivity index (χ2n) is 24.4. The molecule has 0 aromatic carbocycles. The van der Waals surface area contributed by atoms with Crippen LogP contribution in [0.4, 0.5) is 0 Å². The van der Waals surface area contributed by atoms with Gasteiger partial charge in [-0.25, -0.2) is 4.57 Å². The van der Waals surface area contributed by atoms with Gasteiger partial charge >= 0.3 is 19.8 Å². The zero-order chi connectivity index (χ0) is 61.6. The monoisotopic (exact) mass is 1210 g/mol. The van der Waals surface area contributed by atoms with Gasteiger partial charge in [-0.1, -0.05) is 356 Å². The Morgan fingerprint density at radius 1 is 0.365 bits per heavy atom. The number of phosphoric ester groups is 1. The van der Waals surface area contributed by atoms with Crippen molar-refractivity contribution in [1.82, 2.24) is 0 Å². The van der Waals surface area contributed by atoms with E-state index in [0.29, 0.717) is 6.42 Å². The summed E-state index contributed by atoms with van der Waals surface area (Å²) in [5.74, 6) is -0.812. The molecule has 0 heterocycles. The first kappa shape index (κ1) is 82.5. The Morgan fingerprint density at radius 3 is 0.965 bits per heavy atom. The maximum atomic E-state index is 12.8. The van der Waals surface area contributed by atoms with Gasteiger partial charge in [-0.15, -0.1) is 0 Å². The van der Waals surface area contributed by atoms with Gasteiger partial charge < -0.3 is 20.1 Å². The molecule has 9 nitrogen and oxygen atoms in total. The van der Waals surface area contributed by atoms with Gasteiger partial charge in [-0.2, -0.15) is 0 Å². The largest absolute Gasteiger partial charge is 0.472 e. The van der Waals surface area contributed by atoms with Crippen LogP contribution in [-0.4, -0.2) is 49.3 Å². The number of rotatable bonds is 69. The molecular weight excluding hydrogens is 1070 g/mol. The van der Waals surface area contributed by atoms with E-state index in [2.05, 4.69) is 86.8 Å². The highest BCUT2D eigenvalue weighted by Crippen LogP contribution is 2.43. The van der Waals surface area contributed by atoms with Crippen molar-refractivity contribution in [2.45, 2.75) is 367 Å². The molecular formula is C75H138NO8P. The zero-order valence-electron chi connectivity index (χ0n) is 55.8. The van der Waals surface area contributed by atoms with Crippen LogP contribution < -0.4 is 5.73 Å². The Morgan fingerprint density at radius 2 is 0.647 bits per heavy atom. The third-order valence-electron chi connectivity index (χ3n) is 16.1. The van der Waals surface area contributed by atoms with Crippen LogP contribution in [0.25, 0.3) is 0 Å². The molecule has 3 N–H and O–H groups in total. The van der Waals surface area contributed by atoms with Gasteiger partial charge in [0, 0.05) is 19.4 Å². The summed E-state index contributed by atoms with van der Waals surface area (Å²) in [6, 6.07) is 0. The first-order chi connectivity index (χ1) is 41.8. The Labute approximate surface area is 526 Å². The SMILES string of the molecule is CC/C=C\C/C=C\C/C=C\C/C=C\C/C=C\C/C=C\CCCCCCCCCCCCCCCCC(=O)OC(COC(=O)CCCCCCCCCCCCCCCCCCCCCCCCCCCCCCCCC)COP(=O)(O)OCCN. The normalized spacial score (nSPS) is 13.3. The van der Waals surface area contributed by atoms with Crippen LogP contribution in [0.15, 0.2) is 72.9 Å². The van der Waals surface area contributed by atoms with Crippen molar-refractivity contribution in [1.29, 1.82) is 0 Å². The van der Waals surface area contributed by atoms with Crippen LogP contribution in [0.3, 0.4) is 0 Å². The van der Waals surface area contributed by atoms with Crippen LogP contribution in [0.1, 0.15) is 361 Å². The summed E-state index contributed by atoms with van der Waals surface area (Å²) in [6.45, 7) is 3.69. The fraction of sp³-hybridized carbons (Fsp3) is 0.813. The molecule has 2 unspecified atom stereocenters. The molecule has 0 aliphatic carbocycles. The Kier molecular flexibility index (Phi) is 68.4. The second kappa shape index (κ2) is 70.5. The van der Waals surface area contributed by atoms with Crippen LogP contribution in [0, 0.1) is 0 Å². The van der Waals surface area contributed by atoms with E-state index in [9.17, 15) is 19.0 Å². The number of phosphoric acid groups is 1. The molecule has 0 aromatic heterocycles. The maximum Gasteiger partial charge on any atom is 0.472 e. The van der Waals surface area contributed by atoms with Crippen molar-refractivity contribution in [3.63, 3.8) is 0 Å². The van der Waals surface area contributed by atoms with Crippen molar-refractivity contribution < 1.29 is 37.6 Å². The number of hydrogen-bond acceptors (Lipinski definition) is 8. The predicted octanol–water partition coefficient (Wildman–Crippen LogP) is 24.0. The van der Waals surface area contributed by atoms with Gasteiger partial charge in [0.15, 0.2) is 6.10 Å². The fourth-order valence-corrected chi connectivity index (χ4v) is 11.5. The lowest BCUT2D eigenvalue weighted by Crippen LogP contribution is -2.29. The quantitative estimate of drug-likeness (QED) is 0.0264. The van der Waals surface area contributed by atoms with Crippen LogP contribution in [0.2, 0.25) is 0 Å². The molecule has 0 saturated heterocycles. The van der Waals surface area contributed by atoms with Crippen LogP contribution >= 0.6 is 7.82 Å². The highest BCUT2D eigenvalue weighted by molar-refractivity contribution is 7.47. The molecule has 0 radical (unpaired) electrons. The Bertz CT molecular complexity index is 1620. The molecule has 0 aliphatic heterocycles. The topological polar surface area (TPSA) is 134 Å². The minimum absolute atomic E-state index is 0.0534. The molecule has 0 rings (SSSR count). The molecule has 10 heteroatoms. The van der Waals surface area contributed by atoms with Gasteiger partial charge in [0.1, 0.15) is 6.61 Å². The summed E-state index contributed by atoms with van der Waals surface area (Å²) in [5, 5.41) is 0. The van der Waals surface area contributed by atoms with E-state index < -0.39 is 26.5 Å². The highest BCUT2D eigenvalue weighted by atomic mass is 31.2. The molecule has 0 bridgehead atoms. The zero-order valence-corrected chi connectivity index (χ0v) is 56.7. The minimum Gasteiger partial charge on any atom is -0.462 e. The fourth-order valence-electron chi connectivity index (χ4n) is 10.8. The standard InChI is InChI=1S/C75H138NO8P/c1-3-5-7-9-11-13-15-17-19-21-23-25-27-29-31-33-35-36-38-40-42-44-46-48-50-52-54-56-58-60-62-64-66-68-75(78)84-73(72-83-85(79,80)82-70-69-76)71-81-74(77)67-65-63-61-59-57-55-53-51-49-47-45-43-41-39-37-34-32-30-28-26-24-22-20-18-16-14-12-10-8-6-4-2/h5,7,11,13,17,19,23,25,29,31,35-36,73H,3-4,6,8-10,12,14-16,18,20-22,24,26-28,30,32-34,37-72,76H2,1-2H3,(H,79,80)/b7-5-,13-11-,19-17-,25-23-,31-29-,36-35-.